The topological polar surface area (TPSA) is 71.1 Å². The van der Waals surface area contributed by atoms with Crippen molar-refractivity contribution in [3.05, 3.63) is 35.9 Å². The van der Waals surface area contributed by atoms with Gasteiger partial charge < -0.3 is 5.32 Å². The highest BCUT2D eigenvalue weighted by atomic mass is 32.2. The number of hydrogen-bond acceptors (Lipinski definition) is 4. The Hall–Kier alpha value is -1.31. The molecule has 7 heteroatoms. The minimum atomic E-state index is -3.70. The number of pyridine rings is 1. The van der Waals surface area contributed by atoms with E-state index in [-0.39, 0.29) is 11.4 Å². The Labute approximate surface area is 105 Å². The van der Waals surface area contributed by atoms with Crippen LogP contribution in [0.15, 0.2) is 35.0 Å². The van der Waals surface area contributed by atoms with E-state index in [0.717, 1.165) is 43.5 Å². The SMILES string of the molecule is O=S(=O)(NCC1=CCNCC1)c1cncc(F)c1. The van der Waals surface area contributed by atoms with Crippen molar-refractivity contribution in [3.8, 4) is 0 Å². The summed E-state index contributed by atoms with van der Waals surface area (Å²) in [6.07, 6.45) is 4.86. The van der Waals surface area contributed by atoms with E-state index in [9.17, 15) is 12.8 Å². The summed E-state index contributed by atoms with van der Waals surface area (Å²) >= 11 is 0. The van der Waals surface area contributed by atoms with Crippen LogP contribution in [0.3, 0.4) is 0 Å². The number of nitrogens with one attached hydrogen (secondary N) is 2. The highest BCUT2D eigenvalue weighted by Gasteiger charge is 2.15. The molecule has 18 heavy (non-hydrogen) atoms. The third-order valence-corrected chi connectivity index (χ3v) is 4.01. The average Bonchev–Trinajstić information content (AvgIpc) is 2.38. The zero-order chi connectivity index (χ0) is 13.0. The lowest BCUT2D eigenvalue weighted by atomic mass is 10.1. The fourth-order valence-electron chi connectivity index (χ4n) is 1.64. The summed E-state index contributed by atoms with van der Waals surface area (Å²) in [5.74, 6) is -0.668. The van der Waals surface area contributed by atoms with Crippen molar-refractivity contribution in [1.82, 2.24) is 15.0 Å². The molecule has 0 saturated heterocycles. The van der Waals surface area contributed by atoms with E-state index in [1.165, 1.54) is 0 Å². The molecule has 0 fully saturated rings. The highest BCUT2D eigenvalue weighted by Crippen LogP contribution is 2.10. The first-order valence-electron chi connectivity index (χ1n) is 5.57. The van der Waals surface area contributed by atoms with Crippen LogP contribution in [0, 0.1) is 5.82 Å². The van der Waals surface area contributed by atoms with Crippen LogP contribution in [0.4, 0.5) is 4.39 Å². The Morgan fingerprint density at radius 1 is 1.44 bits per heavy atom. The van der Waals surface area contributed by atoms with E-state index in [1.807, 2.05) is 6.08 Å². The second-order valence-electron chi connectivity index (χ2n) is 3.98. The van der Waals surface area contributed by atoms with Gasteiger partial charge in [0.05, 0.1) is 6.20 Å². The lowest BCUT2D eigenvalue weighted by Gasteiger charge is -2.14. The van der Waals surface area contributed by atoms with Gasteiger partial charge in [-0.15, -0.1) is 0 Å². The van der Waals surface area contributed by atoms with Gasteiger partial charge in [0.1, 0.15) is 10.7 Å². The highest BCUT2D eigenvalue weighted by molar-refractivity contribution is 7.89. The van der Waals surface area contributed by atoms with Crippen LogP contribution in [0.2, 0.25) is 0 Å². The number of halogens is 1. The van der Waals surface area contributed by atoms with Gasteiger partial charge in [0.25, 0.3) is 0 Å². The van der Waals surface area contributed by atoms with Gasteiger partial charge in [-0.2, -0.15) is 0 Å². The molecule has 0 unspecified atom stereocenters. The summed E-state index contributed by atoms with van der Waals surface area (Å²) in [7, 11) is -3.70. The van der Waals surface area contributed by atoms with Crippen LogP contribution in [0.5, 0.6) is 0 Å². The fraction of sp³-hybridized carbons (Fsp3) is 0.364. The first-order valence-corrected chi connectivity index (χ1v) is 7.05. The summed E-state index contributed by atoms with van der Waals surface area (Å²) in [5.41, 5.74) is 1.03. The zero-order valence-corrected chi connectivity index (χ0v) is 10.5. The summed E-state index contributed by atoms with van der Waals surface area (Å²) < 4.78 is 39.1. The second-order valence-corrected chi connectivity index (χ2v) is 5.75. The van der Waals surface area contributed by atoms with Crippen molar-refractivity contribution in [2.45, 2.75) is 11.3 Å². The predicted octanol–water partition coefficient (Wildman–Crippen LogP) is 0.419. The third kappa shape index (κ3) is 3.34. The van der Waals surface area contributed by atoms with Crippen molar-refractivity contribution in [2.24, 2.45) is 0 Å². The fourth-order valence-corrected chi connectivity index (χ4v) is 2.65. The van der Waals surface area contributed by atoms with Crippen molar-refractivity contribution in [2.75, 3.05) is 19.6 Å². The monoisotopic (exact) mass is 271 g/mol. The maximum atomic E-state index is 12.9. The van der Waals surface area contributed by atoms with Gasteiger partial charge in [-0.05, 0) is 19.0 Å². The van der Waals surface area contributed by atoms with Crippen molar-refractivity contribution < 1.29 is 12.8 Å². The van der Waals surface area contributed by atoms with E-state index in [2.05, 4.69) is 15.0 Å². The first kappa shape index (κ1) is 13.1. The van der Waals surface area contributed by atoms with E-state index < -0.39 is 15.8 Å². The van der Waals surface area contributed by atoms with E-state index in [4.69, 9.17) is 0 Å². The van der Waals surface area contributed by atoms with E-state index in [0.29, 0.717) is 0 Å². The molecular weight excluding hydrogens is 257 g/mol. The number of rotatable bonds is 4. The quantitative estimate of drug-likeness (QED) is 0.779. The molecule has 0 saturated carbocycles. The van der Waals surface area contributed by atoms with Crippen LogP contribution in [-0.2, 0) is 10.0 Å². The van der Waals surface area contributed by atoms with Crippen LogP contribution < -0.4 is 10.0 Å². The number of aromatic nitrogens is 1. The van der Waals surface area contributed by atoms with Gasteiger partial charge in [-0.1, -0.05) is 11.6 Å². The third-order valence-electron chi connectivity index (χ3n) is 2.64. The second kappa shape index (κ2) is 5.55. The van der Waals surface area contributed by atoms with Gasteiger partial charge in [-0.25, -0.2) is 17.5 Å². The number of sulfonamides is 1. The standard InChI is InChI=1S/C11H14FN3O2S/c12-10-5-11(8-14-7-10)18(16,17)15-6-9-1-3-13-4-2-9/h1,5,7-8,13,15H,2-4,6H2. The molecule has 0 radical (unpaired) electrons. The van der Waals surface area contributed by atoms with Crippen molar-refractivity contribution >= 4 is 10.0 Å². The molecule has 2 rings (SSSR count). The minimum absolute atomic E-state index is 0.156. The number of nitrogens with zero attached hydrogens (tertiary/aromatic N) is 1. The molecule has 0 amide bonds. The van der Waals surface area contributed by atoms with Crippen LogP contribution >= 0.6 is 0 Å². The Bertz CT molecular complexity index is 557. The summed E-state index contributed by atoms with van der Waals surface area (Å²) in [6.45, 7) is 1.84. The minimum Gasteiger partial charge on any atom is -0.313 e. The molecule has 0 aliphatic carbocycles. The molecular formula is C11H14FN3O2S. The Morgan fingerprint density at radius 3 is 2.94 bits per heavy atom. The lowest BCUT2D eigenvalue weighted by Crippen LogP contribution is -2.29. The van der Waals surface area contributed by atoms with Gasteiger partial charge in [-0.3, -0.25) is 4.98 Å². The van der Waals surface area contributed by atoms with Gasteiger partial charge in [0, 0.05) is 19.3 Å². The molecule has 1 aliphatic rings. The normalized spacial score (nSPS) is 16.4. The molecule has 0 bridgehead atoms. The summed E-state index contributed by atoms with van der Waals surface area (Å²) in [4.78, 5) is 3.37. The van der Waals surface area contributed by atoms with Crippen LogP contribution in [0.1, 0.15) is 6.42 Å². The molecule has 1 aliphatic heterocycles. The average molecular weight is 271 g/mol. The van der Waals surface area contributed by atoms with E-state index >= 15 is 0 Å². The predicted molar refractivity (Wildman–Crippen MR) is 65.0 cm³/mol. The molecule has 2 N–H and O–H groups in total. The van der Waals surface area contributed by atoms with Crippen molar-refractivity contribution in [3.63, 3.8) is 0 Å². The van der Waals surface area contributed by atoms with Gasteiger partial charge in [0.2, 0.25) is 10.0 Å². The molecule has 1 aromatic heterocycles. The molecule has 98 valence electrons. The summed E-state index contributed by atoms with van der Waals surface area (Å²) in [6, 6.07) is 0.951. The Balaban J connectivity index is 2.05. The smallest absolute Gasteiger partial charge is 0.242 e. The molecule has 0 spiro atoms. The molecule has 0 aromatic carbocycles. The molecule has 1 aromatic rings. The zero-order valence-electron chi connectivity index (χ0n) is 9.69. The van der Waals surface area contributed by atoms with Gasteiger partial charge in [0.15, 0.2) is 0 Å². The maximum Gasteiger partial charge on any atom is 0.242 e. The van der Waals surface area contributed by atoms with Crippen LogP contribution in [-0.4, -0.2) is 33.0 Å². The first-order chi connectivity index (χ1) is 8.58. The Kier molecular flexibility index (Phi) is 4.05. The molecule has 5 nitrogen and oxygen atoms in total. The van der Waals surface area contributed by atoms with Gasteiger partial charge >= 0.3 is 0 Å². The van der Waals surface area contributed by atoms with Crippen molar-refractivity contribution in [1.29, 1.82) is 0 Å². The lowest BCUT2D eigenvalue weighted by molar-refractivity contribution is 0.576. The largest absolute Gasteiger partial charge is 0.313 e. The summed E-state index contributed by atoms with van der Waals surface area (Å²) in [5, 5.41) is 3.14. The Morgan fingerprint density at radius 2 is 2.28 bits per heavy atom. The molecule has 2 heterocycles. The van der Waals surface area contributed by atoms with E-state index in [1.54, 1.807) is 0 Å². The van der Waals surface area contributed by atoms with Crippen LogP contribution in [0.25, 0.3) is 0 Å². The molecule has 0 atom stereocenters. The number of hydrogen-bond donors (Lipinski definition) is 2. The maximum absolute atomic E-state index is 12.9.